The molecule has 25 heavy (non-hydrogen) atoms. The van der Waals surface area contributed by atoms with E-state index in [0.717, 1.165) is 37.9 Å². The second kappa shape index (κ2) is 7.81. The fourth-order valence-electron chi connectivity index (χ4n) is 3.52. The number of rotatable bonds is 5. The summed E-state index contributed by atoms with van der Waals surface area (Å²) in [5.74, 6) is -0.905. The summed E-state index contributed by atoms with van der Waals surface area (Å²) in [6.45, 7) is 3.76. The first-order valence-corrected chi connectivity index (χ1v) is 8.83. The molecule has 2 aromatic carbocycles. The highest BCUT2D eigenvalue weighted by Crippen LogP contribution is 2.24. The van der Waals surface area contributed by atoms with Gasteiger partial charge >= 0.3 is 5.97 Å². The average Bonchev–Trinajstić information content (AvgIpc) is 2.60. The lowest BCUT2D eigenvalue weighted by Crippen LogP contribution is -2.48. The molecule has 4 nitrogen and oxygen atoms in total. The third-order valence-corrected chi connectivity index (χ3v) is 5.01. The van der Waals surface area contributed by atoms with E-state index in [9.17, 15) is 9.90 Å². The van der Waals surface area contributed by atoms with Gasteiger partial charge in [-0.3, -0.25) is 4.90 Å². The zero-order chi connectivity index (χ0) is 17.8. The molecule has 0 radical (unpaired) electrons. The summed E-state index contributed by atoms with van der Waals surface area (Å²) >= 11 is 0. The Kier molecular flexibility index (Phi) is 5.51. The van der Waals surface area contributed by atoms with Crippen molar-refractivity contribution in [2.75, 3.05) is 6.54 Å². The lowest BCUT2D eigenvalue weighted by atomic mass is 9.92. The molecule has 1 fully saturated rings. The van der Waals surface area contributed by atoms with E-state index in [4.69, 9.17) is 5.11 Å². The lowest BCUT2D eigenvalue weighted by molar-refractivity contribution is 0.00673. The molecular weight excluding hydrogens is 314 g/mol. The van der Waals surface area contributed by atoms with E-state index in [1.54, 1.807) is 12.1 Å². The van der Waals surface area contributed by atoms with Gasteiger partial charge in [-0.15, -0.1) is 0 Å². The standard InChI is InChI=1S/C21H25NO3/c1-15-4-6-16(7-5-15)13-19-20(23)3-2-12-22(19)14-17-8-10-18(11-9-17)21(24)25/h4-11,19-20,23H,2-3,12-14H2,1H3,(H,24,25)/t19-,20-/m0/s1. The molecule has 2 aromatic rings. The van der Waals surface area contributed by atoms with Crippen LogP contribution in [-0.4, -0.2) is 39.8 Å². The highest BCUT2D eigenvalue weighted by Gasteiger charge is 2.30. The van der Waals surface area contributed by atoms with Crippen molar-refractivity contribution in [3.05, 3.63) is 70.8 Å². The highest BCUT2D eigenvalue weighted by molar-refractivity contribution is 5.87. The molecule has 1 aliphatic heterocycles. The van der Waals surface area contributed by atoms with Crippen LogP contribution in [0.2, 0.25) is 0 Å². The van der Waals surface area contributed by atoms with E-state index in [1.165, 1.54) is 11.1 Å². The topological polar surface area (TPSA) is 60.8 Å². The van der Waals surface area contributed by atoms with Crippen LogP contribution in [0.4, 0.5) is 0 Å². The van der Waals surface area contributed by atoms with E-state index >= 15 is 0 Å². The maximum absolute atomic E-state index is 11.0. The monoisotopic (exact) mass is 339 g/mol. The number of likely N-dealkylation sites (tertiary alicyclic amines) is 1. The Labute approximate surface area is 148 Å². The smallest absolute Gasteiger partial charge is 0.335 e. The minimum absolute atomic E-state index is 0.0932. The number of benzene rings is 2. The summed E-state index contributed by atoms with van der Waals surface area (Å²) in [5, 5.41) is 19.5. The van der Waals surface area contributed by atoms with Crippen molar-refractivity contribution in [3.63, 3.8) is 0 Å². The molecule has 0 unspecified atom stereocenters. The summed E-state index contributed by atoms with van der Waals surface area (Å²) in [5.41, 5.74) is 3.86. The van der Waals surface area contributed by atoms with Gasteiger partial charge in [-0.2, -0.15) is 0 Å². The SMILES string of the molecule is Cc1ccc(C[C@H]2[C@@H](O)CCCN2Cc2ccc(C(=O)O)cc2)cc1. The molecule has 0 saturated carbocycles. The van der Waals surface area contributed by atoms with Gasteiger partial charge < -0.3 is 10.2 Å². The molecule has 0 bridgehead atoms. The maximum atomic E-state index is 11.0. The van der Waals surface area contributed by atoms with Gasteiger partial charge in [0.25, 0.3) is 0 Å². The Hall–Kier alpha value is -2.17. The Morgan fingerprint density at radius 3 is 2.36 bits per heavy atom. The third kappa shape index (κ3) is 4.47. The Bertz CT molecular complexity index is 709. The van der Waals surface area contributed by atoms with E-state index in [0.29, 0.717) is 5.56 Å². The van der Waals surface area contributed by atoms with E-state index in [-0.39, 0.29) is 12.1 Å². The molecule has 4 heteroatoms. The first kappa shape index (κ1) is 17.6. The largest absolute Gasteiger partial charge is 0.478 e. The first-order chi connectivity index (χ1) is 12.0. The van der Waals surface area contributed by atoms with Crippen LogP contribution in [0.5, 0.6) is 0 Å². The van der Waals surface area contributed by atoms with Crippen LogP contribution < -0.4 is 0 Å². The number of aromatic carboxylic acids is 1. The van der Waals surface area contributed by atoms with E-state index < -0.39 is 5.97 Å². The van der Waals surface area contributed by atoms with Gasteiger partial charge in [-0.1, -0.05) is 42.0 Å². The predicted octanol–water partition coefficient (Wildman–Crippen LogP) is 3.26. The van der Waals surface area contributed by atoms with Crippen LogP contribution in [0.15, 0.2) is 48.5 Å². The van der Waals surface area contributed by atoms with E-state index in [1.807, 2.05) is 12.1 Å². The molecule has 132 valence electrons. The van der Waals surface area contributed by atoms with Gasteiger partial charge in [0, 0.05) is 12.6 Å². The summed E-state index contributed by atoms with van der Waals surface area (Å²) in [4.78, 5) is 13.3. The molecule has 0 aliphatic carbocycles. The number of hydrogen-bond acceptors (Lipinski definition) is 3. The maximum Gasteiger partial charge on any atom is 0.335 e. The zero-order valence-electron chi connectivity index (χ0n) is 14.6. The molecular formula is C21H25NO3. The van der Waals surface area contributed by atoms with Crippen LogP contribution in [0.3, 0.4) is 0 Å². The van der Waals surface area contributed by atoms with Crippen LogP contribution in [-0.2, 0) is 13.0 Å². The van der Waals surface area contributed by atoms with Crippen molar-refractivity contribution < 1.29 is 15.0 Å². The average molecular weight is 339 g/mol. The van der Waals surface area contributed by atoms with Crippen LogP contribution >= 0.6 is 0 Å². The Morgan fingerprint density at radius 2 is 1.72 bits per heavy atom. The third-order valence-electron chi connectivity index (χ3n) is 5.01. The van der Waals surface area contributed by atoms with Crippen molar-refractivity contribution in [2.45, 2.75) is 44.9 Å². The number of aryl methyl sites for hydroxylation is 1. The normalized spacial score (nSPS) is 21.2. The molecule has 3 rings (SSSR count). The first-order valence-electron chi connectivity index (χ1n) is 8.83. The van der Waals surface area contributed by atoms with Crippen LogP contribution in [0.1, 0.15) is 39.9 Å². The minimum Gasteiger partial charge on any atom is -0.478 e. The number of nitrogens with zero attached hydrogens (tertiary/aromatic N) is 1. The van der Waals surface area contributed by atoms with Gasteiger partial charge in [0.05, 0.1) is 11.7 Å². The summed E-state index contributed by atoms with van der Waals surface area (Å²) in [7, 11) is 0. The van der Waals surface area contributed by atoms with E-state index in [2.05, 4.69) is 36.1 Å². The fraction of sp³-hybridized carbons (Fsp3) is 0.381. The summed E-state index contributed by atoms with van der Waals surface area (Å²) in [6.07, 6.45) is 2.33. The molecule has 1 heterocycles. The minimum atomic E-state index is -0.905. The molecule has 2 atom stereocenters. The van der Waals surface area contributed by atoms with Gasteiger partial charge in [0.2, 0.25) is 0 Å². The summed E-state index contributed by atoms with van der Waals surface area (Å²) in [6, 6.07) is 15.6. The van der Waals surface area contributed by atoms with Gasteiger partial charge in [-0.25, -0.2) is 4.79 Å². The highest BCUT2D eigenvalue weighted by atomic mass is 16.4. The molecule has 1 saturated heterocycles. The number of aliphatic hydroxyl groups excluding tert-OH is 1. The fourth-order valence-corrected chi connectivity index (χ4v) is 3.52. The van der Waals surface area contributed by atoms with Crippen molar-refractivity contribution in [1.82, 2.24) is 4.90 Å². The van der Waals surface area contributed by atoms with Crippen molar-refractivity contribution >= 4 is 5.97 Å². The van der Waals surface area contributed by atoms with Gasteiger partial charge in [0.1, 0.15) is 0 Å². The van der Waals surface area contributed by atoms with Crippen molar-refractivity contribution in [1.29, 1.82) is 0 Å². The van der Waals surface area contributed by atoms with Crippen LogP contribution in [0.25, 0.3) is 0 Å². The number of piperidine rings is 1. The zero-order valence-corrected chi connectivity index (χ0v) is 14.6. The number of hydrogen-bond donors (Lipinski definition) is 2. The molecule has 0 spiro atoms. The number of carboxylic acids is 1. The number of aliphatic hydroxyl groups is 1. The molecule has 2 N–H and O–H groups in total. The second-order valence-electron chi connectivity index (χ2n) is 6.94. The Morgan fingerprint density at radius 1 is 1.08 bits per heavy atom. The molecule has 0 aromatic heterocycles. The number of carboxylic acid groups (broad SMARTS) is 1. The molecule has 0 amide bonds. The van der Waals surface area contributed by atoms with Gasteiger partial charge in [-0.05, 0) is 56.0 Å². The second-order valence-corrected chi connectivity index (χ2v) is 6.94. The van der Waals surface area contributed by atoms with Crippen molar-refractivity contribution in [3.8, 4) is 0 Å². The predicted molar refractivity (Wildman–Crippen MR) is 97.7 cm³/mol. The molecule has 1 aliphatic rings. The lowest BCUT2D eigenvalue weighted by Gasteiger charge is -2.39. The summed E-state index contributed by atoms with van der Waals surface area (Å²) < 4.78 is 0. The number of carbonyl (C=O) groups is 1. The quantitative estimate of drug-likeness (QED) is 0.878. The van der Waals surface area contributed by atoms with Crippen LogP contribution in [0, 0.1) is 6.92 Å². The van der Waals surface area contributed by atoms with Crippen molar-refractivity contribution in [2.24, 2.45) is 0 Å². The Balaban J connectivity index is 1.72. The van der Waals surface area contributed by atoms with Gasteiger partial charge in [0.15, 0.2) is 0 Å².